The van der Waals surface area contributed by atoms with Gasteiger partial charge in [-0.1, -0.05) is 41.6 Å². The molecule has 24 heavy (non-hydrogen) atoms. The third-order valence-electron chi connectivity index (χ3n) is 3.53. The summed E-state index contributed by atoms with van der Waals surface area (Å²) in [6.07, 6.45) is -0.970. The molecular formula is C18H16N2O4. The number of nitrogens with one attached hydrogen (secondary N) is 1. The SMILES string of the molecule is Cc1cc(C(=O)OC(C)C(=O)Nc2cccc3ccccc23)on1. The molecule has 0 aliphatic rings. The highest BCUT2D eigenvalue weighted by Gasteiger charge is 2.22. The first-order valence-corrected chi connectivity index (χ1v) is 7.47. The van der Waals surface area contributed by atoms with Crippen LogP contribution in [0.5, 0.6) is 0 Å². The van der Waals surface area contributed by atoms with Crippen molar-refractivity contribution in [2.75, 3.05) is 5.32 Å². The Morgan fingerprint density at radius 1 is 1.17 bits per heavy atom. The van der Waals surface area contributed by atoms with E-state index in [-0.39, 0.29) is 5.76 Å². The maximum atomic E-state index is 12.3. The summed E-state index contributed by atoms with van der Waals surface area (Å²) in [5, 5.41) is 8.33. The molecule has 0 spiro atoms. The number of anilines is 1. The van der Waals surface area contributed by atoms with Gasteiger partial charge in [0.05, 0.1) is 5.69 Å². The van der Waals surface area contributed by atoms with Crippen LogP contribution in [0.1, 0.15) is 23.2 Å². The van der Waals surface area contributed by atoms with E-state index in [0.717, 1.165) is 10.8 Å². The second kappa shape index (κ2) is 6.54. The lowest BCUT2D eigenvalue weighted by atomic mass is 10.1. The van der Waals surface area contributed by atoms with Crippen LogP contribution in [0.15, 0.2) is 53.1 Å². The van der Waals surface area contributed by atoms with Crippen LogP contribution in [0.25, 0.3) is 10.8 Å². The smallest absolute Gasteiger partial charge is 0.377 e. The first-order chi connectivity index (χ1) is 11.5. The summed E-state index contributed by atoms with van der Waals surface area (Å²) in [7, 11) is 0. The van der Waals surface area contributed by atoms with Crippen molar-refractivity contribution in [2.45, 2.75) is 20.0 Å². The van der Waals surface area contributed by atoms with Crippen LogP contribution in [-0.2, 0) is 9.53 Å². The number of carbonyl (C=O) groups excluding carboxylic acids is 2. The molecule has 6 heteroatoms. The van der Waals surface area contributed by atoms with Gasteiger partial charge in [0.1, 0.15) is 0 Å². The van der Waals surface area contributed by atoms with Crippen molar-refractivity contribution in [3.8, 4) is 0 Å². The third-order valence-corrected chi connectivity index (χ3v) is 3.53. The van der Waals surface area contributed by atoms with Crippen molar-refractivity contribution >= 4 is 28.3 Å². The van der Waals surface area contributed by atoms with Gasteiger partial charge in [0.15, 0.2) is 6.10 Å². The lowest BCUT2D eigenvalue weighted by Gasteiger charge is -2.14. The quantitative estimate of drug-likeness (QED) is 0.745. The summed E-state index contributed by atoms with van der Waals surface area (Å²) in [6.45, 7) is 3.19. The number of carbonyl (C=O) groups is 2. The Hall–Kier alpha value is -3.15. The van der Waals surface area contributed by atoms with Gasteiger partial charge in [0, 0.05) is 17.1 Å². The molecule has 1 N–H and O–H groups in total. The highest BCUT2D eigenvalue weighted by molar-refractivity contribution is 6.04. The minimum atomic E-state index is -0.970. The number of esters is 1. The molecule has 1 unspecified atom stereocenters. The fourth-order valence-corrected chi connectivity index (χ4v) is 2.30. The summed E-state index contributed by atoms with van der Waals surface area (Å²) in [4.78, 5) is 24.2. The van der Waals surface area contributed by atoms with E-state index in [9.17, 15) is 9.59 Å². The standard InChI is InChI=1S/C18H16N2O4/c1-11-10-16(24-20-11)18(22)23-12(2)17(21)19-15-9-5-7-13-6-3-4-8-14(13)15/h3-10,12H,1-2H3,(H,19,21). The van der Waals surface area contributed by atoms with E-state index in [0.29, 0.717) is 11.4 Å². The van der Waals surface area contributed by atoms with Gasteiger partial charge >= 0.3 is 5.97 Å². The maximum absolute atomic E-state index is 12.3. The number of hydrogen-bond donors (Lipinski definition) is 1. The highest BCUT2D eigenvalue weighted by atomic mass is 16.6. The zero-order valence-electron chi connectivity index (χ0n) is 13.3. The van der Waals surface area contributed by atoms with E-state index in [2.05, 4.69) is 10.5 Å². The zero-order chi connectivity index (χ0) is 17.1. The number of ether oxygens (including phenoxy) is 1. The Labute approximate surface area is 138 Å². The van der Waals surface area contributed by atoms with E-state index >= 15 is 0 Å². The van der Waals surface area contributed by atoms with Crippen LogP contribution in [-0.4, -0.2) is 23.1 Å². The fraction of sp³-hybridized carbons (Fsp3) is 0.167. The lowest BCUT2D eigenvalue weighted by Crippen LogP contribution is -2.30. The third kappa shape index (κ3) is 3.27. The average Bonchev–Trinajstić information content (AvgIpc) is 3.01. The normalized spacial score (nSPS) is 11.9. The van der Waals surface area contributed by atoms with Gasteiger partial charge in [0.25, 0.3) is 5.91 Å². The highest BCUT2D eigenvalue weighted by Crippen LogP contribution is 2.23. The molecule has 122 valence electrons. The van der Waals surface area contributed by atoms with Crippen molar-refractivity contribution in [1.82, 2.24) is 5.16 Å². The Balaban J connectivity index is 1.71. The van der Waals surface area contributed by atoms with Gasteiger partial charge in [-0.3, -0.25) is 4.79 Å². The van der Waals surface area contributed by atoms with Crippen LogP contribution >= 0.6 is 0 Å². The molecule has 1 heterocycles. The zero-order valence-corrected chi connectivity index (χ0v) is 13.3. The molecule has 6 nitrogen and oxygen atoms in total. The topological polar surface area (TPSA) is 81.4 Å². The van der Waals surface area contributed by atoms with E-state index in [1.165, 1.54) is 13.0 Å². The number of aromatic nitrogens is 1. The molecule has 0 aliphatic heterocycles. The van der Waals surface area contributed by atoms with E-state index < -0.39 is 18.0 Å². The second-order valence-corrected chi connectivity index (χ2v) is 5.40. The van der Waals surface area contributed by atoms with Crippen molar-refractivity contribution < 1.29 is 18.8 Å². The maximum Gasteiger partial charge on any atom is 0.377 e. The molecule has 1 aromatic heterocycles. The molecular weight excluding hydrogens is 308 g/mol. The molecule has 3 rings (SSSR count). The van der Waals surface area contributed by atoms with Gasteiger partial charge in [-0.2, -0.15) is 0 Å². The Morgan fingerprint density at radius 2 is 1.92 bits per heavy atom. The minimum Gasteiger partial charge on any atom is -0.447 e. The lowest BCUT2D eigenvalue weighted by molar-refractivity contribution is -0.123. The van der Waals surface area contributed by atoms with Crippen molar-refractivity contribution in [1.29, 1.82) is 0 Å². The Bertz CT molecular complexity index is 895. The number of amides is 1. The number of hydrogen-bond acceptors (Lipinski definition) is 5. The number of aryl methyl sites for hydroxylation is 1. The fourth-order valence-electron chi connectivity index (χ4n) is 2.30. The van der Waals surface area contributed by atoms with Crippen LogP contribution in [0.2, 0.25) is 0 Å². The summed E-state index contributed by atoms with van der Waals surface area (Å²) in [6, 6.07) is 14.8. The predicted octanol–water partition coefficient (Wildman–Crippen LogP) is 3.32. The number of rotatable bonds is 4. The van der Waals surface area contributed by atoms with E-state index in [1.54, 1.807) is 13.0 Å². The summed E-state index contributed by atoms with van der Waals surface area (Å²) >= 11 is 0. The van der Waals surface area contributed by atoms with E-state index in [4.69, 9.17) is 9.26 Å². The number of nitrogens with zero attached hydrogens (tertiary/aromatic N) is 1. The number of fused-ring (bicyclic) bond motifs is 1. The molecule has 0 radical (unpaired) electrons. The molecule has 1 atom stereocenters. The van der Waals surface area contributed by atoms with Crippen LogP contribution in [0.3, 0.4) is 0 Å². The van der Waals surface area contributed by atoms with Gasteiger partial charge in [-0.25, -0.2) is 4.79 Å². The second-order valence-electron chi connectivity index (χ2n) is 5.40. The molecule has 0 saturated carbocycles. The van der Waals surface area contributed by atoms with Crippen molar-refractivity contribution in [3.05, 3.63) is 60.0 Å². The first-order valence-electron chi connectivity index (χ1n) is 7.47. The molecule has 0 aliphatic carbocycles. The summed E-state index contributed by atoms with van der Waals surface area (Å²) < 4.78 is 9.94. The monoisotopic (exact) mass is 324 g/mol. The van der Waals surface area contributed by atoms with E-state index in [1.807, 2.05) is 36.4 Å². The van der Waals surface area contributed by atoms with Crippen molar-refractivity contribution in [2.24, 2.45) is 0 Å². The molecule has 0 fully saturated rings. The van der Waals surface area contributed by atoms with Crippen LogP contribution in [0.4, 0.5) is 5.69 Å². The van der Waals surface area contributed by atoms with Gasteiger partial charge in [0.2, 0.25) is 5.76 Å². The first kappa shape index (κ1) is 15.7. The van der Waals surface area contributed by atoms with Gasteiger partial charge in [-0.05, 0) is 25.3 Å². The van der Waals surface area contributed by atoms with Gasteiger partial charge < -0.3 is 14.6 Å². The van der Waals surface area contributed by atoms with Crippen molar-refractivity contribution in [3.63, 3.8) is 0 Å². The molecule has 0 bridgehead atoms. The van der Waals surface area contributed by atoms with Gasteiger partial charge in [-0.15, -0.1) is 0 Å². The molecule has 3 aromatic rings. The molecule has 1 amide bonds. The molecule has 2 aromatic carbocycles. The Morgan fingerprint density at radius 3 is 2.67 bits per heavy atom. The van der Waals surface area contributed by atoms with Crippen LogP contribution in [0, 0.1) is 6.92 Å². The summed E-state index contributed by atoms with van der Waals surface area (Å²) in [5.41, 5.74) is 1.23. The predicted molar refractivity (Wildman–Crippen MR) is 88.7 cm³/mol. The molecule has 0 saturated heterocycles. The average molecular weight is 324 g/mol. The van der Waals surface area contributed by atoms with Crippen LogP contribution < -0.4 is 5.32 Å². The minimum absolute atomic E-state index is 0.0303. The number of benzene rings is 2. The summed E-state index contributed by atoms with van der Waals surface area (Å²) in [5.74, 6) is -1.18. The Kier molecular flexibility index (Phi) is 4.29. The largest absolute Gasteiger partial charge is 0.447 e.